The van der Waals surface area contributed by atoms with Crippen LogP contribution in [-0.2, 0) is 17.1 Å². The molecule has 1 rings (SSSR count). The van der Waals surface area contributed by atoms with Gasteiger partial charge in [-0.1, -0.05) is 0 Å². The molecule has 0 saturated heterocycles. The van der Waals surface area contributed by atoms with E-state index >= 15 is 0 Å². The van der Waals surface area contributed by atoms with Crippen LogP contribution in [-0.4, -0.2) is 0 Å². The Bertz CT molecular complexity index is 90.7. The van der Waals surface area contributed by atoms with E-state index in [-0.39, 0.29) is 0 Å². The number of allylic oxidation sites excluding steroid dienone is 4. The van der Waals surface area contributed by atoms with Crippen molar-refractivity contribution >= 4 is 0 Å². The van der Waals surface area contributed by atoms with E-state index in [0.717, 1.165) is 4.51 Å². The van der Waals surface area contributed by atoms with Crippen molar-refractivity contribution in [2.75, 3.05) is 0 Å². The van der Waals surface area contributed by atoms with Gasteiger partial charge in [0.2, 0.25) is 0 Å². The number of hydrogen-bond donors (Lipinski definition) is 0. The standard InChI is InChI=1S/C5H5.CH3.Ru/c1-2-4-5-3-1;;/h1-5H;1H3;. The third-order valence-electron chi connectivity index (χ3n) is 0.927. The third kappa shape index (κ3) is 1.24. The van der Waals surface area contributed by atoms with Gasteiger partial charge in [0.05, 0.1) is 0 Å². The third-order valence-corrected chi connectivity index (χ3v) is 2.76. The van der Waals surface area contributed by atoms with Crippen molar-refractivity contribution in [1.29, 1.82) is 0 Å². The fraction of sp³-hybridized carbons (Fsp3) is 0.333. The Kier molecular flexibility index (Phi) is 1.81. The van der Waals surface area contributed by atoms with Crippen molar-refractivity contribution in [2.45, 2.75) is 10.0 Å². The van der Waals surface area contributed by atoms with Crippen molar-refractivity contribution in [3.63, 3.8) is 0 Å². The molecular weight excluding hydrogens is 173 g/mol. The molecular formula is C6H8Ru. The average Bonchev–Trinajstić information content (AvgIpc) is 2.14. The van der Waals surface area contributed by atoms with Gasteiger partial charge in [-0.25, -0.2) is 0 Å². The molecule has 0 heterocycles. The van der Waals surface area contributed by atoms with Crippen LogP contribution in [0.4, 0.5) is 0 Å². The summed E-state index contributed by atoms with van der Waals surface area (Å²) in [6.45, 7) is 0. The molecule has 0 saturated carbocycles. The van der Waals surface area contributed by atoms with Crippen molar-refractivity contribution in [1.82, 2.24) is 0 Å². The number of hydrogen-bond acceptors (Lipinski definition) is 0. The molecule has 0 nitrogen and oxygen atoms in total. The van der Waals surface area contributed by atoms with E-state index in [4.69, 9.17) is 0 Å². The second-order valence-corrected chi connectivity index (χ2v) is 3.56. The molecule has 0 atom stereocenters. The zero-order chi connectivity index (χ0) is 5.11. The van der Waals surface area contributed by atoms with Gasteiger partial charge < -0.3 is 0 Å². The minimum atomic E-state index is 0.578. The molecule has 0 unspecified atom stereocenters. The maximum absolute atomic E-state index is 2.29. The Morgan fingerprint density at radius 1 is 1.29 bits per heavy atom. The Hall–Kier alpha value is 0.103. The van der Waals surface area contributed by atoms with E-state index in [1.54, 1.807) is 0 Å². The summed E-state index contributed by atoms with van der Waals surface area (Å²) >= 11 is 0.578. The molecule has 1 aliphatic rings. The molecule has 7 heavy (non-hydrogen) atoms. The Morgan fingerprint density at radius 2 is 1.86 bits per heavy atom. The monoisotopic (exact) mass is 182 g/mol. The predicted octanol–water partition coefficient (Wildman–Crippen LogP) is 2.03. The van der Waals surface area contributed by atoms with E-state index in [9.17, 15) is 0 Å². The van der Waals surface area contributed by atoms with E-state index < -0.39 is 0 Å². The minimum absolute atomic E-state index is 0.578. The molecule has 0 aliphatic heterocycles. The predicted molar refractivity (Wildman–Crippen MR) is 27.9 cm³/mol. The first kappa shape index (κ1) is 5.24. The fourth-order valence-corrected chi connectivity index (χ4v) is 1.59. The Labute approximate surface area is 51.9 Å². The quantitative estimate of drug-likeness (QED) is 0.543. The molecule has 0 bridgehead atoms. The number of rotatable bonds is 1. The molecule has 0 spiro atoms. The van der Waals surface area contributed by atoms with Gasteiger partial charge in [0, 0.05) is 0 Å². The topological polar surface area (TPSA) is 0 Å². The summed E-state index contributed by atoms with van der Waals surface area (Å²) in [4.78, 5) is 0. The first-order chi connectivity index (χ1) is 3.43. The van der Waals surface area contributed by atoms with E-state index in [1.807, 2.05) is 0 Å². The van der Waals surface area contributed by atoms with Crippen LogP contribution in [0.1, 0.15) is 0 Å². The van der Waals surface area contributed by atoms with E-state index in [1.165, 1.54) is 0 Å². The van der Waals surface area contributed by atoms with Crippen molar-refractivity contribution in [3.8, 4) is 0 Å². The Balaban J connectivity index is 2.44. The molecule has 0 amide bonds. The van der Waals surface area contributed by atoms with Crippen LogP contribution in [0.2, 0.25) is 10.0 Å². The van der Waals surface area contributed by atoms with Crippen LogP contribution < -0.4 is 0 Å². The molecule has 1 heteroatoms. The molecule has 0 aromatic carbocycles. The van der Waals surface area contributed by atoms with Crippen LogP contribution in [0.3, 0.4) is 0 Å². The van der Waals surface area contributed by atoms with Gasteiger partial charge in [-0.3, -0.25) is 0 Å². The summed E-state index contributed by atoms with van der Waals surface area (Å²) in [6, 6.07) is 0. The summed E-state index contributed by atoms with van der Waals surface area (Å²) < 4.78 is 0.826. The maximum atomic E-state index is 2.29. The van der Waals surface area contributed by atoms with Gasteiger partial charge in [-0.15, -0.1) is 0 Å². The summed E-state index contributed by atoms with van der Waals surface area (Å²) in [6.07, 6.45) is 8.78. The molecule has 40 valence electrons. The van der Waals surface area contributed by atoms with Gasteiger partial charge in [0.15, 0.2) is 0 Å². The zero-order valence-electron chi connectivity index (χ0n) is 4.24. The first-order valence-corrected chi connectivity index (χ1v) is 4.97. The molecule has 0 radical (unpaired) electrons. The average molecular weight is 181 g/mol. The van der Waals surface area contributed by atoms with Crippen LogP contribution in [0.15, 0.2) is 24.3 Å². The normalized spacial score (nSPS) is 19.6. The second-order valence-electron chi connectivity index (χ2n) is 1.40. The van der Waals surface area contributed by atoms with Crippen LogP contribution in [0, 0.1) is 0 Å². The molecule has 1 aliphatic carbocycles. The molecule has 0 N–H and O–H groups in total. The van der Waals surface area contributed by atoms with Crippen LogP contribution in [0.25, 0.3) is 0 Å². The second kappa shape index (κ2) is 2.42. The summed E-state index contributed by atoms with van der Waals surface area (Å²) in [5.41, 5.74) is 2.29. The fourth-order valence-electron chi connectivity index (χ4n) is 0.535. The van der Waals surface area contributed by atoms with E-state index in [0.29, 0.717) is 17.1 Å². The SMILES string of the molecule is [CH3][Ru][CH]1C=CC=C1. The summed E-state index contributed by atoms with van der Waals surface area (Å²) in [5, 5.41) is 0. The van der Waals surface area contributed by atoms with Crippen LogP contribution >= 0.6 is 0 Å². The van der Waals surface area contributed by atoms with Crippen LogP contribution in [0.5, 0.6) is 0 Å². The van der Waals surface area contributed by atoms with Crippen molar-refractivity contribution in [2.24, 2.45) is 0 Å². The van der Waals surface area contributed by atoms with E-state index in [2.05, 4.69) is 29.8 Å². The van der Waals surface area contributed by atoms with Gasteiger partial charge in [-0.05, 0) is 0 Å². The van der Waals surface area contributed by atoms with Crippen molar-refractivity contribution in [3.05, 3.63) is 24.3 Å². The zero-order valence-corrected chi connectivity index (χ0v) is 5.98. The van der Waals surface area contributed by atoms with Gasteiger partial charge >= 0.3 is 51.5 Å². The van der Waals surface area contributed by atoms with Gasteiger partial charge in [0.1, 0.15) is 0 Å². The first-order valence-electron chi connectivity index (χ1n) is 2.22. The van der Waals surface area contributed by atoms with Gasteiger partial charge in [-0.2, -0.15) is 0 Å². The molecule has 0 aromatic rings. The summed E-state index contributed by atoms with van der Waals surface area (Å²) in [7, 11) is 0. The Morgan fingerprint density at radius 3 is 2.14 bits per heavy atom. The molecule has 0 fully saturated rings. The van der Waals surface area contributed by atoms with Gasteiger partial charge in [0.25, 0.3) is 0 Å². The van der Waals surface area contributed by atoms with Crippen molar-refractivity contribution < 1.29 is 17.1 Å². The molecule has 0 aromatic heterocycles. The summed E-state index contributed by atoms with van der Waals surface area (Å²) in [5.74, 6) is 0.